The van der Waals surface area contributed by atoms with Gasteiger partial charge in [0, 0.05) is 37.6 Å². The average molecular weight is 238 g/mol. The van der Waals surface area contributed by atoms with Crippen LogP contribution in [0.1, 0.15) is 31.7 Å². The minimum atomic E-state index is -0.641. The Kier molecular flexibility index (Phi) is 3.54. The molecule has 1 N–H and O–H groups in total. The second-order valence-electron chi connectivity index (χ2n) is 5.10. The molecule has 0 amide bonds. The zero-order valence-electron chi connectivity index (χ0n) is 10.9. The summed E-state index contributed by atoms with van der Waals surface area (Å²) in [5.41, 5.74) is 1.50. The predicted molar refractivity (Wildman–Crippen MR) is 65.9 cm³/mol. The Morgan fingerprint density at radius 1 is 1.65 bits per heavy atom. The SMILES string of the molecule is CCn1nc(C)cc1CC1(O)CCOCC1C. The molecule has 1 fully saturated rings. The largest absolute Gasteiger partial charge is 0.389 e. The third-order valence-corrected chi connectivity index (χ3v) is 3.74. The molecule has 0 aromatic carbocycles. The van der Waals surface area contributed by atoms with Crippen molar-refractivity contribution in [3.05, 3.63) is 17.5 Å². The van der Waals surface area contributed by atoms with E-state index >= 15 is 0 Å². The van der Waals surface area contributed by atoms with Crippen LogP contribution in [-0.2, 0) is 17.7 Å². The highest BCUT2D eigenvalue weighted by atomic mass is 16.5. The van der Waals surface area contributed by atoms with Crippen LogP contribution >= 0.6 is 0 Å². The van der Waals surface area contributed by atoms with Crippen LogP contribution in [0.2, 0.25) is 0 Å². The van der Waals surface area contributed by atoms with Gasteiger partial charge in [-0.15, -0.1) is 0 Å². The van der Waals surface area contributed by atoms with Crippen molar-refractivity contribution >= 4 is 0 Å². The lowest BCUT2D eigenvalue weighted by Gasteiger charge is -2.38. The molecule has 0 radical (unpaired) electrons. The van der Waals surface area contributed by atoms with Crippen molar-refractivity contribution in [3.8, 4) is 0 Å². The first kappa shape index (κ1) is 12.6. The van der Waals surface area contributed by atoms with Gasteiger partial charge in [-0.2, -0.15) is 5.10 Å². The summed E-state index contributed by atoms with van der Waals surface area (Å²) >= 11 is 0. The van der Waals surface area contributed by atoms with E-state index in [1.807, 2.05) is 11.6 Å². The van der Waals surface area contributed by atoms with Crippen molar-refractivity contribution in [2.45, 2.75) is 45.8 Å². The number of ether oxygens (including phenoxy) is 1. The number of aliphatic hydroxyl groups is 1. The first-order valence-electron chi connectivity index (χ1n) is 6.38. The number of hydrogen-bond acceptors (Lipinski definition) is 3. The van der Waals surface area contributed by atoms with Crippen molar-refractivity contribution < 1.29 is 9.84 Å². The monoisotopic (exact) mass is 238 g/mol. The highest BCUT2D eigenvalue weighted by molar-refractivity contribution is 5.12. The van der Waals surface area contributed by atoms with Crippen molar-refractivity contribution in [2.75, 3.05) is 13.2 Å². The van der Waals surface area contributed by atoms with Gasteiger partial charge in [0.25, 0.3) is 0 Å². The molecule has 1 aliphatic heterocycles. The minimum absolute atomic E-state index is 0.178. The molecule has 1 aromatic rings. The van der Waals surface area contributed by atoms with Crippen LogP contribution in [0, 0.1) is 12.8 Å². The van der Waals surface area contributed by atoms with Crippen LogP contribution in [0.3, 0.4) is 0 Å². The Morgan fingerprint density at radius 2 is 2.41 bits per heavy atom. The van der Waals surface area contributed by atoms with E-state index in [1.165, 1.54) is 0 Å². The summed E-state index contributed by atoms with van der Waals surface area (Å²) in [6, 6.07) is 2.07. The highest BCUT2D eigenvalue weighted by Crippen LogP contribution is 2.30. The third-order valence-electron chi connectivity index (χ3n) is 3.74. The molecule has 1 aromatic heterocycles. The second-order valence-corrected chi connectivity index (χ2v) is 5.10. The van der Waals surface area contributed by atoms with E-state index < -0.39 is 5.60 Å². The van der Waals surface area contributed by atoms with E-state index in [-0.39, 0.29) is 5.92 Å². The number of rotatable bonds is 3. The van der Waals surface area contributed by atoms with Gasteiger partial charge in [-0.05, 0) is 19.9 Å². The maximum Gasteiger partial charge on any atom is 0.0772 e. The lowest BCUT2D eigenvalue weighted by Crippen LogP contribution is -2.46. The first-order chi connectivity index (χ1) is 8.05. The molecule has 2 rings (SSSR count). The van der Waals surface area contributed by atoms with E-state index in [9.17, 15) is 5.11 Å². The highest BCUT2D eigenvalue weighted by Gasteiger charge is 2.37. The Labute approximate surface area is 103 Å². The summed E-state index contributed by atoms with van der Waals surface area (Å²) in [5, 5.41) is 15.1. The standard InChI is InChI=1S/C13H22N2O2/c1-4-15-12(7-11(3)14-15)8-13(16)5-6-17-9-10(13)2/h7,10,16H,4-6,8-9H2,1-3H3. The molecule has 4 heteroatoms. The van der Waals surface area contributed by atoms with Gasteiger partial charge in [0.1, 0.15) is 0 Å². The summed E-state index contributed by atoms with van der Waals surface area (Å²) in [5.74, 6) is 0.178. The number of aromatic nitrogens is 2. The summed E-state index contributed by atoms with van der Waals surface area (Å²) in [4.78, 5) is 0. The van der Waals surface area contributed by atoms with E-state index in [4.69, 9.17) is 4.74 Å². The summed E-state index contributed by atoms with van der Waals surface area (Å²) in [7, 11) is 0. The molecule has 17 heavy (non-hydrogen) atoms. The molecule has 2 unspecified atom stereocenters. The van der Waals surface area contributed by atoms with Crippen molar-refractivity contribution in [2.24, 2.45) is 5.92 Å². The van der Waals surface area contributed by atoms with Crippen LogP contribution in [0.5, 0.6) is 0 Å². The molecule has 2 atom stereocenters. The molecule has 0 bridgehead atoms. The molecule has 4 nitrogen and oxygen atoms in total. The zero-order valence-corrected chi connectivity index (χ0v) is 10.9. The molecular weight excluding hydrogens is 216 g/mol. The predicted octanol–water partition coefficient (Wildman–Crippen LogP) is 1.54. The topological polar surface area (TPSA) is 47.3 Å². The van der Waals surface area contributed by atoms with Gasteiger partial charge in [0.2, 0.25) is 0 Å². The van der Waals surface area contributed by atoms with Crippen LogP contribution in [-0.4, -0.2) is 33.7 Å². The van der Waals surface area contributed by atoms with E-state index in [1.54, 1.807) is 0 Å². The van der Waals surface area contributed by atoms with E-state index in [0.29, 0.717) is 26.1 Å². The summed E-state index contributed by atoms with van der Waals surface area (Å²) in [6.45, 7) is 8.28. The van der Waals surface area contributed by atoms with Gasteiger partial charge in [0.15, 0.2) is 0 Å². The first-order valence-corrected chi connectivity index (χ1v) is 6.38. The Morgan fingerprint density at radius 3 is 3.06 bits per heavy atom. The second kappa shape index (κ2) is 4.78. The fraction of sp³-hybridized carbons (Fsp3) is 0.769. The summed E-state index contributed by atoms with van der Waals surface area (Å²) < 4.78 is 7.38. The Hall–Kier alpha value is -0.870. The van der Waals surface area contributed by atoms with Crippen molar-refractivity contribution in [3.63, 3.8) is 0 Å². The fourth-order valence-corrected chi connectivity index (χ4v) is 2.50. The fourth-order valence-electron chi connectivity index (χ4n) is 2.50. The van der Waals surface area contributed by atoms with Gasteiger partial charge in [-0.3, -0.25) is 4.68 Å². The molecular formula is C13H22N2O2. The maximum absolute atomic E-state index is 10.7. The van der Waals surface area contributed by atoms with Crippen LogP contribution in [0.25, 0.3) is 0 Å². The molecule has 96 valence electrons. The quantitative estimate of drug-likeness (QED) is 0.869. The number of aryl methyl sites for hydroxylation is 2. The molecule has 1 aliphatic rings. The lowest BCUT2D eigenvalue weighted by atomic mass is 9.81. The number of hydrogen-bond donors (Lipinski definition) is 1. The lowest BCUT2D eigenvalue weighted by molar-refractivity contribution is -0.106. The number of nitrogens with zero attached hydrogens (tertiary/aromatic N) is 2. The molecule has 0 spiro atoms. The van der Waals surface area contributed by atoms with E-state index in [0.717, 1.165) is 17.9 Å². The normalized spacial score (nSPS) is 29.5. The van der Waals surface area contributed by atoms with Gasteiger partial charge < -0.3 is 9.84 Å². The van der Waals surface area contributed by atoms with Gasteiger partial charge in [0.05, 0.1) is 17.9 Å². The van der Waals surface area contributed by atoms with Crippen LogP contribution in [0.15, 0.2) is 6.07 Å². The molecule has 0 saturated carbocycles. The molecule has 1 saturated heterocycles. The Balaban J connectivity index is 2.18. The molecule has 2 heterocycles. The molecule has 0 aliphatic carbocycles. The van der Waals surface area contributed by atoms with Crippen LogP contribution in [0.4, 0.5) is 0 Å². The van der Waals surface area contributed by atoms with Crippen LogP contribution < -0.4 is 0 Å². The van der Waals surface area contributed by atoms with Gasteiger partial charge >= 0.3 is 0 Å². The van der Waals surface area contributed by atoms with Gasteiger partial charge in [-0.1, -0.05) is 6.92 Å². The maximum atomic E-state index is 10.7. The minimum Gasteiger partial charge on any atom is -0.389 e. The van der Waals surface area contributed by atoms with Crippen molar-refractivity contribution in [1.29, 1.82) is 0 Å². The smallest absolute Gasteiger partial charge is 0.0772 e. The van der Waals surface area contributed by atoms with Crippen molar-refractivity contribution in [1.82, 2.24) is 9.78 Å². The zero-order chi connectivity index (χ0) is 12.5. The van der Waals surface area contributed by atoms with E-state index in [2.05, 4.69) is 25.0 Å². The summed E-state index contributed by atoms with van der Waals surface area (Å²) in [6.07, 6.45) is 1.38. The Bertz CT molecular complexity index is 389. The van der Waals surface area contributed by atoms with Gasteiger partial charge in [-0.25, -0.2) is 0 Å². The average Bonchev–Trinajstić information content (AvgIpc) is 2.63. The third kappa shape index (κ3) is 2.53.